The van der Waals surface area contributed by atoms with Gasteiger partial charge in [0.05, 0.1) is 19.7 Å². The van der Waals surface area contributed by atoms with Gasteiger partial charge in [-0.05, 0) is 6.42 Å². The first kappa shape index (κ1) is 8.98. The minimum absolute atomic E-state index is 0.0419. The molecule has 2 aliphatic carbocycles. The Kier molecular flexibility index (Phi) is 1.27. The molecule has 78 valence electrons. The van der Waals surface area contributed by atoms with Crippen LogP contribution in [0.5, 0.6) is 0 Å². The predicted molar refractivity (Wildman–Crippen MR) is 48.7 cm³/mol. The molecular formula is C10H10F2N3+. The van der Waals surface area contributed by atoms with E-state index in [1.165, 1.54) is 0 Å². The lowest BCUT2D eigenvalue weighted by Gasteiger charge is -2.25. The van der Waals surface area contributed by atoms with Gasteiger partial charge in [-0.15, -0.1) is 0 Å². The van der Waals surface area contributed by atoms with Crippen molar-refractivity contribution >= 4 is 5.71 Å². The Hall–Kier alpha value is -1.28. The monoisotopic (exact) mass is 210 g/mol. The largest absolute Gasteiger partial charge is 0.326 e. The van der Waals surface area contributed by atoms with Gasteiger partial charge in [-0.1, -0.05) is 5.10 Å². The fourth-order valence-electron chi connectivity index (χ4n) is 2.83. The summed E-state index contributed by atoms with van der Waals surface area (Å²) in [5.74, 6) is -3.46. The molecule has 3 aliphatic rings. The highest BCUT2D eigenvalue weighted by atomic mass is 19.3. The van der Waals surface area contributed by atoms with Crippen molar-refractivity contribution in [2.75, 3.05) is 14.1 Å². The van der Waals surface area contributed by atoms with Crippen LogP contribution in [0.1, 0.15) is 6.42 Å². The minimum Gasteiger partial charge on any atom is -0.195 e. The van der Waals surface area contributed by atoms with E-state index in [0.717, 1.165) is 0 Å². The normalized spacial score (nSPS) is 38.2. The lowest BCUT2D eigenvalue weighted by atomic mass is 10.1. The molecule has 3 rings (SSSR count). The zero-order chi connectivity index (χ0) is 11.0. The number of halogens is 2. The van der Waals surface area contributed by atoms with E-state index in [4.69, 9.17) is 5.26 Å². The molecule has 0 N–H and O–H groups in total. The summed E-state index contributed by atoms with van der Waals surface area (Å²) in [5, 5.41) is 12.9. The standard InChI is InChI=1S/C10H10F2N3/c1-15(2)9-8(7(4-13)14-15)5-3-6(5)10(9,11)12/h5-6H,3H2,1-2H3/q+1. The van der Waals surface area contributed by atoms with E-state index >= 15 is 0 Å². The zero-order valence-electron chi connectivity index (χ0n) is 8.46. The quantitative estimate of drug-likeness (QED) is 0.558. The summed E-state index contributed by atoms with van der Waals surface area (Å²) in [6, 6.07) is 1.93. The van der Waals surface area contributed by atoms with Crippen LogP contribution < -0.4 is 0 Å². The van der Waals surface area contributed by atoms with Crippen molar-refractivity contribution in [3.63, 3.8) is 0 Å². The molecule has 0 spiro atoms. The average Bonchev–Trinajstić information content (AvgIpc) is 2.80. The number of hydrogen-bond acceptors (Lipinski definition) is 2. The molecule has 1 fully saturated rings. The molecule has 1 saturated carbocycles. The van der Waals surface area contributed by atoms with E-state index in [2.05, 4.69) is 5.10 Å². The molecule has 0 aromatic carbocycles. The second kappa shape index (κ2) is 2.12. The smallest absolute Gasteiger partial charge is 0.195 e. The van der Waals surface area contributed by atoms with E-state index in [1.54, 1.807) is 14.1 Å². The van der Waals surface area contributed by atoms with Crippen molar-refractivity contribution in [3.05, 3.63) is 11.3 Å². The third kappa shape index (κ3) is 0.840. The van der Waals surface area contributed by atoms with Crippen LogP contribution in [0.4, 0.5) is 8.78 Å². The van der Waals surface area contributed by atoms with E-state index in [-0.39, 0.29) is 21.9 Å². The number of nitriles is 1. The maximum absolute atomic E-state index is 13.9. The molecule has 0 amide bonds. The lowest BCUT2D eigenvalue weighted by Crippen LogP contribution is -2.39. The van der Waals surface area contributed by atoms with Crippen LogP contribution in [-0.4, -0.2) is 30.3 Å². The first-order valence-electron chi connectivity index (χ1n) is 4.87. The number of alkyl halides is 2. The number of nitrogens with zero attached hydrogens (tertiary/aromatic N) is 3. The van der Waals surface area contributed by atoms with Gasteiger partial charge in [0.15, 0.2) is 0 Å². The number of allylic oxidation sites excluding steroid dienone is 2. The van der Waals surface area contributed by atoms with Gasteiger partial charge < -0.3 is 0 Å². The molecule has 0 aromatic heterocycles. The summed E-state index contributed by atoms with van der Waals surface area (Å²) >= 11 is 0. The first-order chi connectivity index (χ1) is 6.89. The topological polar surface area (TPSA) is 36.1 Å². The molecule has 1 aliphatic heterocycles. The molecular weight excluding hydrogens is 200 g/mol. The molecule has 5 heteroatoms. The molecule has 0 aromatic rings. The Balaban J connectivity index is 2.23. The average molecular weight is 210 g/mol. The summed E-state index contributed by atoms with van der Waals surface area (Å²) in [6.07, 6.45) is 0.506. The van der Waals surface area contributed by atoms with Gasteiger partial charge in [0, 0.05) is 11.8 Å². The van der Waals surface area contributed by atoms with Crippen LogP contribution in [0.3, 0.4) is 0 Å². The molecule has 1 heterocycles. The number of rotatable bonds is 0. The second-order valence-electron chi connectivity index (χ2n) is 4.79. The number of hydrogen-bond donors (Lipinski definition) is 0. The van der Waals surface area contributed by atoms with Gasteiger partial charge in [0.25, 0.3) is 0 Å². The van der Waals surface area contributed by atoms with Gasteiger partial charge in [-0.2, -0.15) is 18.6 Å². The van der Waals surface area contributed by atoms with Crippen molar-refractivity contribution in [2.45, 2.75) is 12.3 Å². The summed E-state index contributed by atoms with van der Waals surface area (Å²) < 4.78 is 27.6. The van der Waals surface area contributed by atoms with Gasteiger partial charge in [-0.3, -0.25) is 0 Å². The Morgan fingerprint density at radius 2 is 2.20 bits per heavy atom. The Morgan fingerprint density at radius 3 is 2.80 bits per heavy atom. The third-order valence-electron chi connectivity index (χ3n) is 3.46. The molecule has 3 nitrogen and oxygen atoms in total. The van der Waals surface area contributed by atoms with Crippen molar-refractivity contribution < 1.29 is 13.4 Å². The van der Waals surface area contributed by atoms with Crippen LogP contribution in [0, 0.1) is 23.2 Å². The van der Waals surface area contributed by atoms with Crippen LogP contribution in [0.2, 0.25) is 0 Å². The molecule has 2 atom stereocenters. The van der Waals surface area contributed by atoms with Crippen molar-refractivity contribution in [1.29, 1.82) is 5.26 Å². The van der Waals surface area contributed by atoms with Gasteiger partial charge in [0.1, 0.15) is 6.07 Å². The predicted octanol–water partition coefficient (Wildman–Crippen LogP) is 1.50. The van der Waals surface area contributed by atoms with E-state index in [1.807, 2.05) is 6.07 Å². The molecule has 15 heavy (non-hydrogen) atoms. The van der Waals surface area contributed by atoms with E-state index < -0.39 is 11.8 Å². The summed E-state index contributed by atoms with van der Waals surface area (Å²) in [5.41, 5.74) is 0.775. The minimum atomic E-state index is -2.77. The van der Waals surface area contributed by atoms with Crippen molar-refractivity contribution in [2.24, 2.45) is 16.9 Å². The van der Waals surface area contributed by atoms with Crippen LogP contribution in [0.15, 0.2) is 16.4 Å². The number of quaternary nitrogens is 1. The molecule has 0 radical (unpaired) electrons. The zero-order valence-corrected chi connectivity index (χ0v) is 8.46. The summed E-state index contributed by atoms with van der Waals surface area (Å²) in [7, 11) is 3.19. The van der Waals surface area contributed by atoms with Gasteiger partial charge in [0.2, 0.25) is 11.4 Å². The third-order valence-corrected chi connectivity index (χ3v) is 3.46. The summed E-state index contributed by atoms with van der Waals surface area (Å²) in [4.78, 5) is 0. The van der Waals surface area contributed by atoms with Crippen molar-refractivity contribution in [3.8, 4) is 6.07 Å². The second-order valence-corrected chi connectivity index (χ2v) is 4.79. The fourth-order valence-corrected chi connectivity index (χ4v) is 2.83. The van der Waals surface area contributed by atoms with Gasteiger partial charge >= 0.3 is 5.92 Å². The molecule has 2 unspecified atom stereocenters. The highest BCUT2D eigenvalue weighted by molar-refractivity contribution is 6.13. The Morgan fingerprint density at radius 1 is 1.53 bits per heavy atom. The molecule has 0 bridgehead atoms. The maximum atomic E-state index is 13.9. The van der Waals surface area contributed by atoms with Crippen LogP contribution in [0.25, 0.3) is 0 Å². The van der Waals surface area contributed by atoms with Crippen LogP contribution in [-0.2, 0) is 0 Å². The molecule has 0 saturated heterocycles. The summed E-state index contributed by atoms with van der Waals surface area (Å²) in [6.45, 7) is 0. The highest BCUT2D eigenvalue weighted by Gasteiger charge is 2.73. The van der Waals surface area contributed by atoms with Crippen molar-refractivity contribution in [1.82, 2.24) is 0 Å². The highest BCUT2D eigenvalue weighted by Crippen LogP contribution is 2.65. The van der Waals surface area contributed by atoms with E-state index in [0.29, 0.717) is 12.0 Å². The SMILES string of the molecule is C[N+]1(C)N=C(C#N)C2=C1C(F)(F)C1CC21. The maximum Gasteiger partial charge on any atom is 0.326 e. The lowest BCUT2D eigenvalue weighted by molar-refractivity contribution is -0.863. The van der Waals surface area contributed by atoms with E-state index in [9.17, 15) is 8.78 Å². The Bertz CT molecular complexity index is 468. The van der Waals surface area contributed by atoms with Gasteiger partial charge in [-0.25, -0.2) is 0 Å². The Labute approximate surface area is 85.9 Å². The van der Waals surface area contributed by atoms with Crippen LogP contribution >= 0.6 is 0 Å². The fraction of sp³-hybridized carbons (Fsp3) is 0.600. The first-order valence-corrected chi connectivity index (χ1v) is 4.87. The number of fused-ring (bicyclic) bond motifs is 2.